The van der Waals surface area contributed by atoms with Crippen molar-refractivity contribution < 1.29 is 21.3 Å². The van der Waals surface area contributed by atoms with Crippen molar-refractivity contribution in [3.8, 4) is 0 Å². The van der Waals surface area contributed by atoms with Crippen molar-refractivity contribution in [1.29, 1.82) is 0 Å². The monoisotopic (exact) mass is 466 g/mol. The van der Waals surface area contributed by atoms with E-state index < -0.39 is 25.6 Å². The van der Waals surface area contributed by atoms with Gasteiger partial charge in [-0.25, -0.2) is 8.42 Å². The molecule has 0 radical (unpaired) electrons. The van der Waals surface area contributed by atoms with E-state index in [0.29, 0.717) is 11.0 Å². The van der Waals surface area contributed by atoms with Gasteiger partial charge in [-0.3, -0.25) is 9.82 Å². The van der Waals surface area contributed by atoms with E-state index in [2.05, 4.69) is 14.9 Å². The Morgan fingerprint density at radius 3 is 2.53 bits per heavy atom. The molecule has 2 heterocycles. The number of hydrogen-bond acceptors (Lipinski definition) is 7. The molecule has 30 heavy (non-hydrogen) atoms. The molecule has 4 rings (SSSR count). The lowest BCUT2D eigenvalue weighted by Gasteiger charge is -2.12. The predicted octanol–water partition coefficient (Wildman–Crippen LogP) is 3.17. The van der Waals surface area contributed by atoms with Crippen LogP contribution < -0.4 is 10.5 Å². The van der Waals surface area contributed by atoms with Crippen LogP contribution in [0, 0.1) is 0 Å². The first-order valence-electron chi connectivity index (χ1n) is 8.47. The van der Waals surface area contributed by atoms with E-state index in [-0.39, 0.29) is 32.2 Å². The molecule has 0 aliphatic heterocycles. The number of nitrogens with two attached hydrogens (primary N) is 1. The third-order valence-electron chi connectivity index (χ3n) is 4.18. The highest BCUT2D eigenvalue weighted by Crippen LogP contribution is 2.31. The number of nitrogens with one attached hydrogen (secondary N) is 2. The third-order valence-corrected chi connectivity index (χ3v) is 7.33. The first kappa shape index (κ1) is 20.3. The molecular formula is C18H15ClN4O5S2. The molecule has 4 aromatic rings. The highest BCUT2D eigenvalue weighted by Gasteiger charge is 2.26. The molecule has 0 aliphatic carbocycles. The molecule has 2 aromatic heterocycles. The minimum absolute atomic E-state index is 0.153. The molecule has 0 bridgehead atoms. The van der Waals surface area contributed by atoms with Crippen molar-refractivity contribution in [3.05, 3.63) is 65.3 Å². The number of halogens is 1. The number of nitrogen functional groups attached to an aromatic ring is 1. The predicted molar refractivity (Wildman–Crippen MR) is 112 cm³/mol. The zero-order valence-corrected chi connectivity index (χ0v) is 17.6. The number of hydrogen-bond donors (Lipinski definition) is 3. The van der Waals surface area contributed by atoms with Crippen molar-refractivity contribution in [1.82, 2.24) is 10.2 Å². The number of nitrogens with zero attached hydrogens (tertiary/aromatic N) is 1. The van der Waals surface area contributed by atoms with E-state index in [1.807, 2.05) is 0 Å². The molecule has 12 heteroatoms. The molecule has 0 unspecified atom stereocenters. The van der Waals surface area contributed by atoms with Crippen LogP contribution in [0.1, 0.15) is 5.69 Å². The number of fused-ring (bicyclic) bond motifs is 1. The van der Waals surface area contributed by atoms with Gasteiger partial charge in [0.2, 0.25) is 5.09 Å². The number of para-hydroxylation sites is 1. The Morgan fingerprint density at radius 1 is 1.07 bits per heavy atom. The molecular weight excluding hydrogens is 452 g/mol. The van der Waals surface area contributed by atoms with Gasteiger partial charge < -0.3 is 10.2 Å². The van der Waals surface area contributed by atoms with Crippen LogP contribution in [0.15, 0.2) is 69.0 Å². The fourth-order valence-electron chi connectivity index (χ4n) is 2.86. The summed E-state index contributed by atoms with van der Waals surface area (Å²) in [7, 11) is -8.21. The van der Waals surface area contributed by atoms with E-state index in [0.717, 1.165) is 0 Å². The van der Waals surface area contributed by atoms with Crippen molar-refractivity contribution in [2.45, 2.75) is 15.7 Å². The highest BCUT2D eigenvalue weighted by atomic mass is 35.5. The Bertz CT molecular complexity index is 1430. The Balaban J connectivity index is 1.73. The second-order valence-electron chi connectivity index (χ2n) is 6.42. The molecule has 0 spiro atoms. The number of rotatable bonds is 6. The zero-order chi connectivity index (χ0) is 21.5. The van der Waals surface area contributed by atoms with E-state index >= 15 is 0 Å². The SMILES string of the molecule is Nc1cc(CS(=O)(=O)c2ccc(Cl)cc2NS(=O)(=O)c2cc3ccccc3o2)n[nH]1. The summed E-state index contributed by atoms with van der Waals surface area (Å²) in [4.78, 5) is -0.256. The molecule has 156 valence electrons. The summed E-state index contributed by atoms with van der Waals surface area (Å²) >= 11 is 5.98. The van der Waals surface area contributed by atoms with Gasteiger partial charge in [0.25, 0.3) is 10.0 Å². The van der Waals surface area contributed by atoms with Gasteiger partial charge in [-0.15, -0.1) is 0 Å². The number of anilines is 2. The van der Waals surface area contributed by atoms with Crippen LogP contribution in [0.4, 0.5) is 11.5 Å². The first-order chi connectivity index (χ1) is 14.1. The Hall–Kier alpha value is -3.02. The first-order valence-corrected chi connectivity index (χ1v) is 12.0. The fourth-order valence-corrected chi connectivity index (χ4v) is 5.56. The van der Waals surface area contributed by atoms with E-state index in [4.69, 9.17) is 21.8 Å². The quantitative estimate of drug-likeness (QED) is 0.395. The topological polar surface area (TPSA) is 148 Å². The standard InChI is InChI=1S/C18H15ClN4O5S2/c19-12-5-6-16(29(24,25)10-13-9-17(20)22-21-13)14(8-12)23-30(26,27)18-7-11-3-1-2-4-15(11)28-18/h1-9,23H,10H2,(H3,20,21,22). The van der Waals surface area contributed by atoms with Crippen LogP contribution in [0.25, 0.3) is 11.0 Å². The van der Waals surface area contributed by atoms with Gasteiger partial charge >= 0.3 is 0 Å². The molecule has 2 aromatic carbocycles. The van der Waals surface area contributed by atoms with Gasteiger partial charge in [0.15, 0.2) is 9.84 Å². The summed E-state index contributed by atoms with van der Waals surface area (Å²) in [5.41, 5.74) is 5.90. The summed E-state index contributed by atoms with van der Waals surface area (Å²) in [6.45, 7) is 0. The number of aromatic nitrogens is 2. The van der Waals surface area contributed by atoms with Crippen molar-refractivity contribution in [2.24, 2.45) is 0 Å². The normalized spacial score (nSPS) is 12.3. The van der Waals surface area contributed by atoms with Gasteiger partial charge in [0, 0.05) is 22.5 Å². The van der Waals surface area contributed by atoms with Gasteiger partial charge in [-0.05, 0) is 24.3 Å². The lowest BCUT2D eigenvalue weighted by Crippen LogP contribution is -2.16. The van der Waals surface area contributed by atoms with Crippen LogP contribution in [0.5, 0.6) is 0 Å². The van der Waals surface area contributed by atoms with E-state index in [9.17, 15) is 16.8 Å². The van der Waals surface area contributed by atoms with Crippen molar-refractivity contribution in [3.63, 3.8) is 0 Å². The molecule has 0 saturated carbocycles. The van der Waals surface area contributed by atoms with Crippen LogP contribution in [0.3, 0.4) is 0 Å². The van der Waals surface area contributed by atoms with E-state index in [1.165, 1.54) is 30.3 Å². The summed E-state index contributed by atoms with van der Waals surface area (Å²) < 4.78 is 59.2. The fraction of sp³-hybridized carbons (Fsp3) is 0.0556. The number of H-pyrrole nitrogens is 1. The average molecular weight is 467 g/mol. The summed E-state index contributed by atoms with van der Waals surface area (Å²) in [6.07, 6.45) is 0. The number of aromatic amines is 1. The summed E-state index contributed by atoms with van der Waals surface area (Å²) in [6, 6.07) is 13.3. The molecule has 0 amide bonds. The number of sulfonamides is 1. The second kappa shape index (κ2) is 7.35. The molecule has 0 saturated heterocycles. The maximum Gasteiger partial charge on any atom is 0.295 e. The Morgan fingerprint density at radius 2 is 1.83 bits per heavy atom. The van der Waals surface area contributed by atoms with Crippen LogP contribution in [-0.2, 0) is 25.6 Å². The summed E-state index contributed by atoms with van der Waals surface area (Å²) in [5, 5.41) is 6.66. The number of sulfone groups is 1. The highest BCUT2D eigenvalue weighted by molar-refractivity contribution is 7.93. The maximum atomic E-state index is 12.9. The lowest BCUT2D eigenvalue weighted by molar-refractivity contribution is 0.484. The minimum atomic E-state index is -4.23. The molecule has 4 N–H and O–H groups in total. The largest absolute Gasteiger partial charge is 0.443 e. The van der Waals surface area contributed by atoms with Gasteiger partial charge in [0.05, 0.1) is 22.0 Å². The maximum absolute atomic E-state index is 12.9. The van der Waals surface area contributed by atoms with Crippen LogP contribution in [0.2, 0.25) is 5.02 Å². The van der Waals surface area contributed by atoms with Crippen LogP contribution >= 0.6 is 11.6 Å². The lowest BCUT2D eigenvalue weighted by atomic mass is 10.3. The molecule has 0 aliphatic rings. The van der Waals surface area contributed by atoms with Gasteiger partial charge in [-0.1, -0.05) is 29.8 Å². The number of furan rings is 1. The average Bonchev–Trinajstić information content (AvgIpc) is 3.27. The summed E-state index contributed by atoms with van der Waals surface area (Å²) in [5.74, 6) is -0.274. The zero-order valence-electron chi connectivity index (χ0n) is 15.2. The molecule has 9 nitrogen and oxygen atoms in total. The van der Waals surface area contributed by atoms with Gasteiger partial charge in [0.1, 0.15) is 11.4 Å². The minimum Gasteiger partial charge on any atom is -0.443 e. The van der Waals surface area contributed by atoms with Crippen LogP contribution in [-0.4, -0.2) is 27.0 Å². The Kier molecular flexibility index (Phi) is 4.96. The molecule has 0 fully saturated rings. The van der Waals surface area contributed by atoms with E-state index in [1.54, 1.807) is 24.3 Å². The Labute approximate surface area is 176 Å². The number of benzene rings is 2. The van der Waals surface area contributed by atoms with Gasteiger partial charge in [-0.2, -0.15) is 13.5 Å². The third kappa shape index (κ3) is 3.99. The smallest absolute Gasteiger partial charge is 0.295 e. The second-order valence-corrected chi connectivity index (χ2v) is 10.4. The molecule has 0 atom stereocenters. The van der Waals surface area contributed by atoms with Crippen molar-refractivity contribution >= 4 is 53.9 Å². The van der Waals surface area contributed by atoms with Crippen molar-refractivity contribution in [2.75, 3.05) is 10.5 Å².